The highest BCUT2D eigenvalue weighted by atomic mass is 32.2. The molecule has 10 heteroatoms. The van der Waals surface area contributed by atoms with Gasteiger partial charge in [0.05, 0.1) is 10.2 Å². The summed E-state index contributed by atoms with van der Waals surface area (Å²) in [7, 11) is -3.92. The first-order valence-corrected chi connectivity index (χ1v) is 12.1. The number of carbonyl (C=O) groups excluding carboxylic acids is 1. The number of rotatable bonds is 5. The van der Waals surface area contributed by atoms with Crippen LogP contribution in [0.1, 0.15) is 5.56 Å². The lowest BCUT2D eigenvalue weighted by molar-refractivity contribution is 0.300. The molecule has 2 unspecified atom stereocenters. The molecule has 3 heterocycles. The number of hydrogen-bond donors (Lipinski definition) is 1. The zero-order chi connectivity index (χ0) is 21.6. The van der Waals surface area contributed by atoms with Gasteiger partial charge in [0.1, 0.15) is 17.4 Å². The highest BCUT2D eigenvalue weighted by Gasteiger charge is 2.47. The number of ether oxygens (including phenoxy) is 1. The van der Waals surface area contributed by atoms with Crippen molar-refractivity contribution in [3.8, 4) is 10.9 Å². The van der Waals surface area contributed by atoms with Gasteiger partial charge in [-0.15, -0.1) is 0 Å². The largest absolute Gasteiger partial charge is 0.431 e. The fourth-order valence-electron chi connectivity index (χ4n) is 4.36. The van der Waals surface area contributed by atoms with Crippen molar-refractivity contribution in [2.45, 2.75) is 6.54 Å². The minimum Gasteiger partial charge on any atom is -0.431 e. The maximum absolute atomic E-state index is 11.7. The van der Waals surface area contributed by atoms with E-state index in [1.165, 1.54) is 11.3 Å². The van der Waals surface area contributed by atoms with Gasteiger partial charge < -0.3 is 4.74 Å². The molecule has 1 aromatic heterocycles. The smallest absolute Gasteiger partial charge is 0.299 e. The Morgan fingerprint density at radius 3 is 2.61 bits per heavy atom. The summed E-state index contributed by atoms with van der Waals surface area (Å²) in [6, 6.07) is 15.7. The van der Waals surface area contributed by atoms with Crippen LogP contribution in [0.25, 0.3) is 10.2 Å². The number of nitrogens with two attached hydrogens (primary N) is 1. The molecule has 2 aliphatic heterocycles. The second-order valence-corrected chi connectivity index (χ2v) is 10.3. The van der Waals surface area contributed by atoms with Gasteiger partial charge in [0, 0.05) is 38.0 Å². The molecule has 8 nitrogen and oxygen atoms in total. The fraction of sp³-hybridized carbons (Fsp3) is 0.286. The molecule has 0 saturated carbocycles. The van der Waals surface area contributed by atoms with E-state index in [1.807, 2.05) is 48.5 Å². The van der Waals surface area contributed by atoms with Crippen LogP contribution in [0, 0.1) is 11.8 Å². The first kappa shape index (κ1) is 20.2. The molecule has 3 aromatic rings. The Bertz CT molecular complexity index is 1250. The van der Waals surface area contributed by atoms with E-state index < -0.39 is 10.2 Å². The van der Waals surface area contributed by atoms with E-state index in [0.717, 1.165) is 25.8 Å². The zero-order valence-electron chi connectivity index (χ0n) is 16.5. The third-order valence-electron chi connectivity index (χ3n) is 5.76. The minimum absolute atomic E-state index is 0.0522. The van der Waals surface area contributed by atoms with E-state index in [1.54, 1.807) is 5.94 Å². The summed E-state index contributed by atoms with van der Waals surface area (Å²) in [5, 5.41) is 5.83. The summed E-state index contributed by atoms with van der Waals surface area (Å²) < 4.78 is 31.4. The molecule has 2 saturated heterocycles. The summed E-state index contributed by atoms with van der Waals surface area (Å²) in [5.41, 5.74) is 2.18. The maximum atomic E-state index is 11.7. The van der Waals surface area contributed by atoms with Crippen LogP contribution in [-0.4, -0.2) is 48.2 Å². The van der Waals surface area contributed by atoms with E-state index in [2.05, 4.69) is 9.88 Å². The van der Waals surface area contributed by atoms with Gasteiger partial charge in [0.25, 0.3) is 15.4 Å². The van der Waals surface area contributed by atoms with Crippen LogP contribution in [-0.2, 0) is 21.5 Å². The molecule has 5 rings (SSSR count). The van der Waals surface area contributed by atoms with Crippen LogP contribution in [0.15, 0.2) is 54.2 Å². The SMILES string of the molecule is NS(=O)(=O)N1CC2CN(Cc3ccc(Oc4nc5ccccc5s4)cc3)CC2C1=C=O. The van der Waals surface area contributed by atoms with Crippen LogP contribution in [0.4, 0.5) is 0 Å². The molecule has 2 atom stereocenters. The zero-order valence-corrected chi connectivity index (χ0v) is 18.1. The lowest BCUT2D eigenvalue weighted by Crippen LogP contribution is -2.36. The topological polar surface area (TPSA) is 106 Å². The van der Waals surface area contributed by atoms with Crippen molar-refractivity contribution in [3.05, 3.63) is 59.8 Å². The average molecular weight is 457 g/mol. The van der Waals surface area contributed by atoms with E-state index in [4.69, 9.17) is 9.88 Å². The van der Waals surface area contributed by atoms with Gasteiger partial charge in [-0.3, -0.25) is 9.21 Å². The molecule has 2 N–H and O–H groups in total. The molecule has 0 aliphatic carbocycles. The lowest BCUT2D eigenvalue weighted by Gasteiger charge is -2.21. The third kappa shape index (κ3) is 3.96. The molecule has 160 valence electrons. The summed E-state index contributed by atoms with van der Waals surface area (Å²) in [6.45, 7) is 2.24. The molecular weight excluding hydrogens is 436 g/mol. The van der Waals surface area contributed by atoms with Gasteiger partial charge in [-0.05, 0) is 29.8 Å². The lowest BCUT2D eigenvalue weighted by atomic mass is 9.99. The summed E-state index contributed by atoms with van der Waals surface area (Å²) in [5.74, 6) is 2.42. The Balaban J connectivity index is 1.22. The molecule has 0 amide bonds. The quantitative estimate of drug-likeness (QED) is 0.591. The third-order valence-corrected chi connectivity index (χ3v) is 7.63. The highest BCUT2D eigenvalue weighted by Crippen LogP contribution is 2.39. The van der Waals surface area contributed by atoms with Gasteiger partial charge >= 0.3 is 0 Å². The predicted octanol–water partition coefficient (Wildman–Crippen LogP) is 2.37. The van der Waals surface area contributed by atoms with Crippen LogP contribution < -0.4 is 9.88 Å². The first-order valence-electron chi connectivity index (χ1n) is 9.81. The second-order valence-electron chi connectivity index (χ2n) is 7.82. The van der Waals surface area contributed by atoms with Crippen molar-refractivity contribution in [1.82, 2.24) is 14.2 Å². The standard InChI is InChI=1S/C21H20N4O4S2/c22-31(27,28)25-11-15-10-24(12-17(15)19(25)13-26)9-14-5-7-16(8-6-14)29-21-23-18-3-1-2-4-20(18)30-21/h1-8,15,17H,9-12H2,(H2,22,27,28). The monoisotopic (exact) mass is 456 g/mol. The highest BCUT2D eigenvalue weighted by molar-refractivity contribution is 7.86. The molecule has 0 bridgehead atoms. The van der Waals surface area contributed by atoms with Crippen molar-refractivity contribution < 1.29 is 17.9 Å². The van der Waals surface area contributed by atoms with Gasteiger partial charge in [0.15, 0.2) is 0 Å². The number of para-hydroxylation sites is 1. The number of fused-ring (bicyclic) bond motifs is 2. The van der Waals surface area contributed by atoms with Crippen molar-refractivity contribution in [2.24, 2.45) is 17.0 Å². The van der Waals surface area contributed by atoms with E-state index >= 15 is 0 Å². The Morgan fingerprint density at radius 2 is 1.90 bits per heavy atom. The predicted molar refractivity (Wildman–Crippen MR) is 117 cm³/mol. The summed E-state index contributed by atoms with van der Waals surface area (Å²) in [4.78, 5) is 18.1. The van der Waals surface area contributed by atoms with Crippen molar-refractivity contribution in [3.63, 3.8) is 0 Å². The van der Waals surface area contributed by atoms with Crippen LogP contribution in [0.2, 0.25) is 0 Å². The second kappa shape index (κ2) is 7.74. The number of thiazole rings is 1. The van der Waals surface area contributed by atoms with Gasteiger partial charge in [-0.1, -0.05) is 35.6 Å². The Hall–Kier alpha value is -2.75. The van der Waals surface area contributed by atoms with Crippen LogP contribution >= 0.6 is 11.3 Å². The van der Waals surface area contributed by atoms with Gasteiger partial charge in [-0.25, -0.2) is 14.9 Å². The summed E-state index contributed by atoms with van der Waals surface area (Å²) >= 11 is 1.50. The van der Waals surface area contributed by atoms with Crippen LogP contribution in [0.3, 0.4) is 0 Å². The summed E-state index contributed by atoms with van der Waals surface area (Å²) in [6.07, 6.45) is 0. The Labute approximate surface area is 183 Å². The van der Waals surface area contributed by atoms with Crippen LogP contribution in [0.5, 0.6) is 10.9 Å². The van der Waals surface area contributed by atoms with E-state index in [0.29, 0.717) is 24.8 Å². The average Bonchev–Trinajstić information content (AvgIpc) is 3.40. The Morgan fingerprint density at radius 1 is 1.13 bits per heavy atom. The normalized spacial score (nSPS) is 21.5. The molecule has 0 radical (unpaired) electrons. The van der Waals surface area contributed by atoms with Crippen molar-refractivity contribution in [1.29, 1.82) is 0 Å². The first-order chi connectivity index (χ1) is 14.9. The minimum atomic E-state index is -3.92. The number of hydrogen-bond acceptors (Lipinski definition) is 7. The molecule has 2 fully saturated rings. The van der Waals surface area contributed by atoms with Crippen molar-refractivity contribution >= 4 is 37.7 Å². The number of nitrogens with zero attached hydrogens (tertiary/aromatic N) is 3. The Kier molecular flexibility index (Phi) is 5.04. The molecule has 2 aliphatic rings. The fourth-order valence-corrected chi connectivity index (χ4v) is 6.05. The molecule has 31 heavy (non-hydrogen) atoms. The van der Waals surface area contributed by atoms with Crippen molar-refractivity contribution in [2.75, 3.05) is 19.6 Å². The van der Waals surface area contributed by atoms with Gasteiger partial charge in [0.2, 0.25) is 0 Å². The number of likely N-dealkylation sites (tertiary alicyclic amines) is 1. The molecule has 0 spiro atoms. The van der Waals surface area contributed by atoms with Gasteiger partial charge in [-0.2, -0.15) is 8.42 Å². The van der Waals surface area contributed by atoms with E-state index in [-0.39, 0.29) is 24.1 Å². The van der Waals surface area contributed by atoms with E-state index in [9.17, 15) is 13.2 Å². The molecule has 2 aromatic carbocycles. The maximum Gasteiger partial charge on any atom is 0.299 e. The molecular formula is C21H20N4O4S2. The number of aromatic nitrogens is 1. The number of benzene rings is 2.